The topological polar surface area (TPSA) is 26.3 Å². The SMILES string of the molecule is C=C(OC(=O)c1ccc(F)cc1)c1ccccc1. The van der Waals surface area contributed by atoms with E-state index < -0.39 is 11.8 Å². The maximum atomic E-state index is 12.7. The summed E-state index contributed by atoms with van der Waals surface area (Å²) in [5.74, 6) is -0.679. The average Bonchev–Trinajstić information content (AvgIpc) is 2.40. The van der Waals surface area contributed by atoms with E-state index in [4.69, 9.17) is 4.74 Å². The monoisotopic (exact) mass is 242 g/mol. The van der Waals surface area contributed by atoms with Crippen molar-refractivity contribution in [3.63, 3.8) is 0 Å². The first-order chi connectivity index (χ1) is 8.66. The van der Waals surface area contributed by atoms with E-state index in [1.807, 2.05) is 18.2 Å². The molecule has 2 rings (SSSR count). The summed E-state index contributed by atoms with van der Waals surface area (Å²) in [6.07, 6.45) is 0. The summed E-state index contributed by atoms with van der Waals surface area (Å²) in [5.41, 5.74) is 1.02. The predicted octanol–water partition coefficient (Wildman–Crippen LogP) is 3.65. The number of esters is 1. The second-order valence-corrected chi connectivity index (χ2v) is 3.69. The van der Waals surface area contributed by atoms with Crippen molar-refractivity contribution < 1.29 is 13.9 Å². The molecule has 18 heavy (non-hydrogen) atoms. The Hall–Kier alpha value is -2.42. The molecule has 0 saturated heterocycles. The molecule has 0 heterocycles. The van der Waals surface area contributed by atoms with Crippen LogP contribution in [0, 0.1) is 5.82 Å². The highest BCUT2D eigenvalue weighted by Gasteiger charge is 2.10. The Kier molecular flexibility index (Phi) is 3.53. The number of hydrogen-bond acceptors (Lipinski definition) is 2. The molecule has 0 unspecified atom stereocenters. The normalized spacial score (nSPS) is 9.83. The van der Waals surface area contributed by atoms with E-state index in [0.717, 1.165) is 5.56 Å². The highest BCUT2D eigenvalue weighted by atomic mass is 19.1. The van der Waals surface area contributed by atoms with Gasteiger partial charge in [0.15, 0.2) is 0 Å². The molecule has 90 valence electrons. The minimum absolute atomic E-state index is 0.268. The van der Waals surface area contributed by atoms with Crippen molar-refractivity contribution in [2.75, 3.05) is 0 Å². The summed E-state index contributed by atoms with van der Waals surface area (Å²) in [4.78, 5) is 11.7. The summed E-state index contributed by atoms with van der Waals surface area (Å²) in [6.45, 7) is 3.69. The fourth-order valence-electron chi connectivity index (χ4n) is 1.44. The molecule has 0 N–H and O–H groups in total. The van der Waals surface area contributed by atoms with E-state index in [2.05, 4.69) is 6.58 Å². The first kappa shape index (κ1) is 12.0. The molecule has 0 aliphatic heterocycles. The molecule has 0 aliphatic carbocycles. The van der Waals surface area contributed by atoms with Crippen molar-refractivity contribution in [2.45, 2.75) is 0 Å². The smallest absolute Gasteiger partial charge is 0.343 e. The van der Waals surface area contributed by atoms with Crippen LogP contribution >= 0.6 is 0 Å². The minimum atomic E-state index is -0.552. The molecule has 0 fully saturated rings. The largest absolute Gasteiger partial charge is 0.423 e. The Morgan fingerprint density at radius 1 is 0.944 bits per heavy atom. The predicted molar refractivity (Wildman–Crippen MR) is 67.3 cm³/mol. The van der Waals surface area contributed by atoms with Gasteiger partial charge in [0.2, 0.25) is 0 Å². The van der Waals surface area contributed by atoms with Gasteiger partial charge in [-0.3, -0.25) is 0 Å². The molecule has 0 aliphatic rings. The van der Waals surface area contributed by atoms with Crippen LogP contribution in [-0.2, 0) is 4.74 Å². The second-order valence-electron chi connectivity index (χ2n) is 3.69. The average molecular weight is 242 g/mol. The Balaban J connectivity index is 2.08. The zero-order valence-electron chi connectivity index (χ0n) is 9.60. The second kappa shape index (κ2) is 5.27. The summed E-state index contributed by atoms with van der Waals surface area (Å²) in [7, 11) is 0. The van der Waals surface area contributed by atoms with E-state index in [9.17, 15) is 9.18 Å². The fourth-order valence-corrected chi connectivity index (χ4v) is 1.44. The molecule has 0 bridgehead atoms. The summed E-state index contributed by atoms with van der Waals surface area (Å²) in [5, 5.41) is 0. The van der Waals surface area contributed by atoms with Crippen LogP contribution in [0.25, 0.3) is 5.76 Å². The zero-order chi connectivity index (χ0) is 13.0. The Labute approximate surface area is 104 Å². The summed E-state index contributed by atoms with van der Waals surface area (Å²) in [6, 6.07) is 14.3. The summed E-state index contributed by atoms with van der Waals surface area (Å²) >= 11 is 0. The standard InChI is InChI=1S/C15H11FO2/c1-11(12-5-3-2-4-6-12)18-15(17)13-7-9-14(16)10-8-13/h2-10H,1H2. The van der Waals surface area contributed by atoms with Gasteiger partial charge in [-0.15, -0.1) is 0 Å². The van der Waals surface area contributed by atoms with Gasteiger partial charge in [-0.25, -0.2) is 9.18 Å². The third-order valence-electron chi connectivity index (χ3n) is 2.39. The first-order valence-corrected chi connectivity index (χ1v) is 5.39. The van der Waals surface area contributed by atoms with E-state index in [1.165, 1.54) is 24.3 Å². The van der Waals surface area contributed by atoms with Crippen LogP contribution in [0.15, 0.2) is 61.2 Å². The lowest BCUT2D eigenvalue weighted by Gasteiger charge is -2.07. The van der Waals surface area contributed by atoms with Crippen molar-refractivity contribution in [2.24, 2.45) is 0 Å². The van der Waals surface area contributed by atoms with Crippen LogP contribution in [-0.4, -0.2) is 5.97 Å². The van der Waals surface area contributed by atoms with Gasteiger partial charge in [-0.1, -0.05) is 36.9 Å². The number of carbonyl (C=O) groups is 1. The van der Waals surface area contributed by atoms with Gasteiger partial charge in [-0.05, 0) is 24.3 Å². The van der Waals surface area contributed by atoms with E-state index in [0.29, 0.717) is 0 Å². The van der Waals surface area contributed by atoms with Crippen molar-refractivity contribution in [3.05, 3.63) is 78.1 Å². The Morgan fingerprint density at radius 2 is 1.56 bits per heavy atom. The Bertz CT molecular complexity index is 559. The molecule has 0 amide bonds. The van der Waals surface area contributed by atoms with E-state index in [-0.39, 0.29) is 11.3 Å². The van der Waals surface area contributed by atoms with Crippen LogP contribution in [0.2, 0.25) is 0 Å². The third-order valence-corrected chi connectivity index (χ3v) is 2.39. The fraction of sp³-hybridized carbons (Fsp3) is 0. The van der Waals surface area contributed by atoms with Crippen molar-refractivity contribution >= 4 is 11.7 Å². The molecule has 2 aromatic rings. The molecule has 0 radical (unpaired) electrons. The number of hydrogen-bond donors (Lipinski definition) is 0. The number of ether oxygens (including phenoxy) is 1. The molecule has 0 saturated carbocycles. The number of rotatable bonds is 3. The lowest BCUT2D eigenvalue weighted by molar-refractivity contribution is 0.0693. The van der Waals surface area contributed by atoms with Gasteiger partial charge in [0, 0.05) is 5.56 Å². The van der Waals surface area contributed by atoms with E-state index in [1.54, 1.807) is 12.1 Å². The third kappa shape index (κ3) is 2.83. The molecule has 3 heteroatoms. The molecule has 0 atom stereocenters. The molecule has 0 aromatic heterocycles. The van der Waals surface area contributed by atoms with Crippen LogP contribution in [0.3, 0.4) is 0 Å². The molecule has 2 aromatic carbocycles. The molecular weight excluding hydrogens is 231 g/mol. The van der Waals surface area contributed by atoms with Gasteiger partial charge in [0.05, 0.1) is 5.56 Å². The van der Waals surface area contributed by atoms with Gasteiger partial charge in [-0.2, -0.15) is 0 Å². The van der Waals surface area contributed by atoms with Gasteiger partial charge in [0.1, 0.15) is 11.6 Å². The van der Waals surface area contributed by atoms with Crippen LogP contribution < -0.4 is 0 Å². The van der Waals surface area contributed by atoms with E-state index >= 15 is 0 Å². The minimum Gasteiger partial charge on any atom is -0.423 e. The lowest BCUT2D eigenvalue weighted by atomic mass is 10.2. The maximum absolute atomic E-state index is 12.7. The van der Waals surface area contributed by atoms with Gasteiger partial charge in [0.25, 0.3) is 0 Å². The van der Waals surface area contributed by atoms with Gasteiger partial charge >= 0.3 is 5.97 Å². The zero-order valence-corrected chi connectivity index (χ0v) is 9.60. The summed E-state index contributed by atoms with van der Waals surface area (Å²) < 4.78 is 17.8. The van der Waals surface area contributed by atoms with Crippen molar-refractivity contribution in [3.8, 4) is 0 Å². The number of carbonyl (C=O) groups excluding carboxylic acids is 1. The lowest BCUT2D eigenvalue weighted by Crippen LogP contribution is -2.04. The molecule has 2 nitrogen and oxygen atoms in total. The van der Waals surface area contributed by atoms with Crippen LogP contribution in [0.1, 0.15) is 15.9 Å². The Morgan fingerprint density at radius 3 is 2.17 bits per heavy atom. The highest BCUT2D eigenvalue weighted by molar-refractivity contribution is 5.92. The first-order valence-electron chi connectivity index (χ1n) is 5.39. The van der Waals surface area contributed by atoms with Gasteiger partial charge < -0.3 is 4.74 Å². The van der Waals surface area contributed by atoms with Crippen LogP contribution in [0.4, 0.5) is 4.39 Å². The number of halogens is 1. The molecular formula is C15H11FO2. The molecule has 0 spiro atoms. The van der Waals surface area contributed by atoms with Crippen molar-refractivity contribution in [1.29, 1.82) is 0 Å². The quantitative estimate of drug-likeness (QED) is 0.606. The van der Waals surface area contributed by atoms with Crippen molar-refractivity contribution in [1.82, 2.24) is 0 Å². The maximum Gasteiger partial charge on any atom is 0.343 e. The number of benzene rings is 2. The van der Waals surface area contributed by atoms with Crippen LogP contribution in [0.5, 0.6) is 0 Å². The highest BCUT2D eigenvalue weighted by Crippen LogP contribution is 2.15.